The smallest absolute Gasteiger partial charge is 0.257 e. The van der Waals surface area contributed by atoms with Crippen molar-refractivity contribution in [3.8, 4) is 0 Å². The second-order valence-electron chi connectivity index (χ2n) is 4.65. The summed E-state index contributed by atoms with van der Waals surface area (Å²) in [5.41, 5.74) is -6.39. The van der Waals surface area contributed by atoms with Gasteiger partial charge in [-0.25, -0.2) is 0 Å². The van der Waals surface area contributed by atoms with Crippen molar-refractivity contribution < 1.29 is 25.8 Å². The van der Waals surface area contributed by atoms with Gasteiger partial charge in [-0.3, -0.25) is 4.18 Å². The molecular weight excluding hydrogens is 245 g/mol. The zero-order chi connectivity index (χ0) is 12.0. The van der Waals surface area contributed by atoms with Crippen molar-refractivity contribution in [3.05, 3.63) is 0 Å². The Bertz CT molecular complexity index is 352. The Labute approximate surface area is 92.1 Å². The summed E-state index contributed by atoms with van der Waals surface area (Å²) in [6.07, 6.45) is 3.58. The fourth-order valence-corrected chi connectivity index (χ4v) is 3.42. The van der Waals surface area contributed by atoms with E-state index in [9.17, 15) is 21.6 Å². The maximum atomic E-state index is 12.2. The van der Waals surface area contributed by atoms with Crippen molar-refractivity contribution >= 4 is 10.1 Å². The predicted molar refractivity (Wildman–Crippen MR) is 50.0 cm³/mol. The predicted octanol–water partition coefficient (Wildman–Crippen LogP) is 2.58. The zero-order valence-electron chi connectivity index (χ0n) is 8.59. The molecule has 3 aliphatic carbocycles. The van der Waals surface area contributed by atoms with Gasteiger partial charge >= 0.3 is 15.6 Å². The molecule has 3 saturated carbocycles. The summed E-state index contributed by atoms with van der Waals surface area (Å²) in [6, 6.07) is 0. The average molecular weight is 258 g/mol. The first-order valence-corrected chi connectivity index (χ1v) is 6.67. The molecule has 16 heavy (non-hydrogen) atoms. The molecule has 7 heteroatoms. The highest BCUT2D eigenvalue weighted by atomic mass is 32.2. The minimum absolute atomic E-state index is 0.424. The molecule has 0 aromatic carbocycles. The van der Waals surface area contributed by atoms with Crippen molar-refractivity contribution in [3.63, 3.8) is 0 Å². The maximum absolute atomic E-state index is 12.2. The first-order valence-electron chi connectivity index (χ1n) is 5.26. The number of hydrogen-bond donors (Lipinski definition) is 0. The number of fused-ring (bicyclic) bond motifs is 3. The standard InChI is InChI=1S/C9H13F3O3S/c10-9(11,12)16(13,14)15-8-4-1-7(2-5-8)3-6-8/h7H,1-6H2. The highest BCUT2D eigenvalue weighted by molar-refractivity contribution is 7.87. The fourth-order valence-electron chi connectivity index (χ4n) is 2.61. The average Bonchev–Trinajstić information content (AvgIpc) is 2.17. The highest BCUT2D eigenvalue weighted by Crippen LogP contribution is 2.48. The van der Waals surface area contributed by atoms with Crippen LogP contribution in [0.25, 0.3) is 0 Å². The number of hydrogen-bond acceptors (Lipinski definition) is 3. The molecule has 3 rings (SSSR count). The number of alkyl halides is 3. The van der Waals surface area contributed by atoms with Gasteiger partial charge in [-0.05, 0) is 44.4 Å². The molecule has 0 heterocycles. The van der Waals surface area contributed by atoms with Crippen molar-refractivity contribution in [2.75, 3.05) is 0 Å². The van der Waals surface area contributed by atoms with Gasteiger partial charge in [0.25, 0.3) is 0 Å². The Morgan fingerprint density at radius 2 is 1.50 bits per heavy atom. The second-order valence-corrected chi connectivity index (χ2v) is 6.19. The lowest BCUT2D eigenvalue weighted by atomic mass is 9.68. The van der Waals surface area contributed by atoms with Crippen molar-refractivity contribution in [2.45, 2.75) is 49.6 Å². The van der Waals surface area contributed by atoms with Crippen LogP contribution in [0.1, 0.15) is 38.5 Å². The SMILES string of the molecule is O=S(=O)(OC12CCC(CC1)CC2)C(F)(F)F. The lowest BCUT2D eigenvalue weighted by Gasteiger charge is -2.45. The van der Waals surface area contributed by atoms with E-state index in [0.29, 0.717) is 25.2 Å². The van der Waals surface area contributed by atoms with Crippen LogP contribution in [-0.2, 0) is 14.3 Å². The monoisotopic (exact) mass is 258 g/mol. The largest absolute Gasteiger partial charge is 0.523 e. The van der Waals surface area contributed by atoms with Crippen molar-refractivity contribution in [1.82, 2.24) is 0 Å². The molecule has 0 radical (unpaired) electrons. The third-order valence-corrected chi connectivity index (χ3v) is 4.73. The Balaban J connectivity index is 2.15. The van der Waals surface area contributed by atoms with Crippen molar-refractivity contribution in [2.24, 2.45) is 5.92 Å². The van der Waals surface area contributed by atoms with E-state index in [1.54, 1.807) is 0 Å². The molecule has 0 aliphatic heterocycles. The molecule has 94 valence electrons. The van der Waals surface area contributed by atoms with Crippen LogP contribution in [0.5, 0.6) is 0 Å². The molecule has 2 bridgehead atoms. The summed E-state index contributed by atoms with van der Waals surface area (Å²) in [7, 11) is -5.44. The first kappa shape index (κ1) is 12.2. The van der Waals surface area contributed by atoms with Gasteiger partial charge in [-0.1, -0.05) is 0 Å². The van der Waals surface area contributed by atoms with Gasteiger partial charge in [0.1, 0.15) is 0 Å². The van der Waals surface area contributed by atoms with Gasteiger partial charge in [-0.2, -0.15) is 21.6 Å². The van der Waals surface area contributed by atoms with Crippen LogP contribution in [0, 0.1) is 5.92 Å². The van der Waals surface area contributed by atoms with Crippen LogP contribution < -0.4 is 0 Å². The molecule has 0 saturated heterocycles. The Morgan fingerprint density at radius 3 is 1.88 bits per heavy atom. The van der Waals surface area contributed by atoms with Crippen LogP contribution >= 0.6 is 0 Å². The molecule has 0 N–H and O–H groups in total. The Kier molecular flexibility index (Phi) is 2.73. The van der Waals surface area contributed by atoms with E-state index in [2.05, 4.69) is 4.18 Å². The lowest BCUT2D eigenvalue weighted by Crippen LogP contribution is -2.46. The highest BCUT2D eigenvalue weighted by Gasteiger charge is 2.53. The summed E-state index contributed by atoms with van der Waals surface area (Å²) < 4.78 is 63.0. The third kappa shape index (κ3) is 2.07. The minimum atomic E-state index is -5.44. The van der Waals surface area contributed by atoms with Crippen LogP contribution in [0.15, 0.2) is 0 Å². The van der Waals surface area contributed by atoms with Crippen LogP contribution in [-0.4, -0.2) is 19.5 Å². The van der Waals surface area contributed by atoms with E-state index in [-0.39, 0.29) is 0 Å². The molecule has 0 amide bonds. The molecule has 0 spiro atoms. The van der Waals surface area contributed by atoms with Gasteiger partial charge in [0.05, 0.1) is 5.60 Å². The molecule has 0 atom stereocenters. The Morgan fingerprint density at radius 1 is 1.06 bits per heavy atom. The van der Waals surface area contributed by atoms with E-state index in [0.717, 1.165) is 19.3 Å². The first-order chi connectivity index (χ1) is 7.24. The summed E-state index contributed by atoms with van der Waals surface area (Å²) in [5.74, 6) is 0.541. The van der Waals surface area contributed by atoms with Crippen LogP contribution in [0.4, 0.5) is 13.2 Å². The van der Waals surface area contributed by atoms with E-state index < -0.39 is 21.2 Å². The molecule has 0 aromatic rings. The molecule has 0 unspecified atom stereocenters. The van der Waals surface area contributed by atoms with Gasteiger partial charge < -0.3 is 0 Å². The van der Waals surface area contributed by atoms with Gasteiger partial charge in [0, 0.05) is 0 Å². The summed E-state index contributed by atoms with van der Waals surface area (Å²) in [4.78, 5) is 0. The minimum Gasteiger partial charge on any atom is -0.257 e. The van der Waals surface area contributed by atoms with E-state index in [4.69, 9.17) is 0 Å². The molecule has 3 fully saturated rings. The van der Waals surface area contributed by atoms with Gasteiger partial charge in [0.2, 0.25) is 0 Å². The summed E-state index contributed by atoms with van der Waals surface area (Å²) >= 11 is 0. The normalized spacial score (nSPS) is 35.3. The zero-order valence-corrected chi connectivity index (χ0v) is 9.40. The number of halogens is 3. The molecule has 3 aliphatic rings. The van der Waals surface area contributed by atoms with Crippen LogP contribution in [0.2, 0.25) is 0 Å². The summed E-state index contributed by atoms with van der Waals surface area (Å²) in [5, 5.41) is 0. The Hall–Kier alpha value is -0.300. The van der Waals surface area contributed by atoms with E-state index >= 15 is 0 Å². The van der Waals surface area contributed by atoms with Gasteiger partial charge in [-0.15, -0.1) is 0 Å². The van der Waals surface area contributed by atoms with Gasteiger partial charge in [0.15, 0.2) is 0 Å². The molecular formula is C9H13F3O3S. The van der Waals surface area contributed by atoms with Crippen molar-refractivity contribution in [1.29, 1.82) is 0 Å². The lowest BCUT2D eigenvalue weighted by molar-refractivity contribution is -0.0826. The quantitative estimate of drug-likeness (QED) is 0.564. The molecule has 3 nitrogen and oxygen atoms in total. The van der Waals surface area contributed by atoms with E-state index in [1.165, 1.54) is 0 Å². The fraction of sp³-hybridized carbons (Fsp3) is 1.00. The number of rotatable bonds is 2. The summed E-state index contributed by atoms with van der Waals surface area (Å²) in [6.45, 7) is 0. The maximum Gasteiger partial charge on any atom is 0.523 e. The van der Waals surface area contributed by atoms with Crippen LogP contribution in [0.3, 0.4) is 0 Å². The topological polar surface area (TPSA) is 43.4 Å². The van der Waals surface area contributed by atoms with E-state index in [1.807, 2.05) is 0 Å². The second kappa shape index (κ2) is 3.60. The molecule has 0 aromatic heterocycles. The third-order valence-electron chi connectivity index (χ3n) is 3.59.